The molecule has 6 nitrogen and oxygen atoms in total. The molecule has 3 rings (SSSR count). The molecular formula is C18H19N3O3S2. The van der Waals surface area contributed by atoms with Gasteiger partial charge in [0.25, 0.3) is 11.1 Å². The van der Waals surface area contributed by atoms with Crippen LogP contribution >= 0.6 is 23.1 Å². The number of carbonyl (C=O) groups is 1. The Labute approximate surface area is 160 Å². The zero-order chi connectivity index (χ0) is 18.4. The highest BCUT2D eigenvalue weighted by Gasteiger charge is 2.13. The molecule has 0 radical (unpaired) electrons. The minimum atomic E-state index is 0.0111. The summed E-state index contributed by atoms with van der Waals surface area (Å²) in [5, 5.41) is 12.3. The lowest BCUT2D eigenvalue weighted by atomic mass is 10.2. The number of ether oxygens (including phenoxy) is 1. The average molecular weight is 390 g/mol. The van der Waals surface area contributed by atoms with Crippen molar-refractivity contribution in [1.82, 2.24) is 15.1 Å². The van der Waals surface area contributed by atoms with E-state index in [0.717, 1.165) is 16.9 Å². The van der Waals surface area contributed by atoms with E-state index in [4.69, 9.17) is 9.15 Å². The number of rotatable bonds is 8. The number of benzene rings is 1. The summed E-state index contributed by atoms with van der Waals surface area (Å²) in [7, 11) is 1.79. The third-order valence-electron chi connectivity index (χ3n) is 3.54. The van der Waals surface area contributed by atoms with Crippen LogP contribution in [-0.4, -0.2) is 33.8 Å². The molecule has 0 bridgehead atoms. The van der Waals surface area contributed by atoms with Crippen molar-refractivity contribution in [3.63, 3.8) is 0 Å². The molecule has 0 fully saturated rings. The van der Waals surface area contributed by atoms with Crippen LogP contribution in [0.2, 0.25) is 0 Å². The summed E-state index contributed by atoms with van der Waals surface area (Å²) < 4.78 is 11.1. The first kappa shape index (κ1) is 18.5. The number of amides is 1. The third kappa shape index (κ3) is 5.34. The zero-order valence-corrected chi connectivity index (χ0v) is 16.2. The molecule has 2 aromatic heterocycles. The van der Waals surface area contributed by atoms with Crippen molar-refractivity contribution in [2.75, 3.05) is 12.8 Å². The van der Waals surface area contributed by atoms with Gasteiger partial charge in [-0.25, -0.2) is 0 Å². The van der Waals surface area contributed by atoms with Gasteiger partial charge in [-0.15, -0.1) is 10.2 Å². The number of hydrogen-bond donors (Lipinski definition) is 0. The summed E-state index contributed by atoms with van der Waals surface area (Å²) in [6, 6.07) is 9.76. The molecule has 8 heteroatoms. The molecule has 0 aliphatic heterocycles. The Balaban J connectivity index is 1.45. The van der Waals surface area contributed by atoms with E-state index in [1.54, 1.807) is 23.3 Å². The summed E-state index contributed by atoms with van der Waals surface area (Å²) in [6.45, 7) is 2.80. The van der Waals surface area contributed by atoms with Crippen LogP contribution in [0.3, 0.4) is 0 Å². The summed E-state index contributed by atoms with van der Waals surface area (Å²) in [5.74, 6) is 1.40. The second kappa shape index (κ2) is 8.86. The molecule has 0 aliphatic carbocycles. The highest BCUT2D eigenvalue weighted by molar-refractivity contribution is 7.99. The molecule has 1 amide bonds. The van der Waals surface area contributed by atoms with Crippen molar-refractivity contribution in [3.8, 4) is 5.75 Å². The molecule has 26 heavy (non-hydrogen) atoms. The first-order chi connectivity index (χ1) is 12.6. The topological polar surface area (TPSA) is 68.5 Å². The van der Waals surface area contributed by atoms with Gasteiger partial charge in [0, 0.05) is 13.6 Å². The van der Waals surface area contributed by atoms with Crippen LogP contribution in [0.4, 0.5) is 0 Å². The molecule has 0 saturated carbocycles. The largest absolute Gasteiger partial charge is 0.484 e. The van der Waals surface area contributed by atoms with Crippen LogP contribution in [0.1, 0.15) is 17.0 Å². The van der Waals surface area contributed by atoms with Gasteiger partial charge in [0.2, 0.25) is 5.91 Å². The van der Waals surface area contributed by atoms with E-state index in [2.05, 4.69) is 10.2 Å². The molecule has 0 aliphatic rings. The second-order valence-corrected chi connectivity index (χ2v) is 7.44. The predicted octanol–water partition coefficient (Wildman–Crippen LogP) is 3.77. The number of carbonyl (C=O) groups excluding carboxylic acids is 1. The molecule has 0 saturated heterocycles. The second-order valence-electron chi connectivity index (χ2n) is 5.74. The maximum Gasteiger partial charge on any atom is 0.277 e. The summed E-state index contributed by atoms with van der Waals surface area (Å²) >= 11 is 2.85. The van der Waals surface area contributed by atoms with Gasteiger partial charge >= 0.3 is 0 Å². The smallest absolute Gasteiger partial charge is 0.277 e. The van der Waals surface area contributed by atoms with Crippen LogP contribution in [0, 0.1) is 6.92 Å². The van der Waals surface area contributed by atoms with Gasteiger partial charge in [-0.1, -0.05) is 23.9 Å². The summed E-state index contributed by atoms with van der Waals surface area (Å²) in [6.07, 6.45) is 0. The maximum atomic E-state index is 12.2. The van der Waals surface area contributed by atoms with Crippen molar-refractivity contribution in [2.45, 2.75) is 25.3 Å². The third-order valence-corrected chi connectivity index (χ3v) is 5.08. The number of aryl methyl sites for hydroxylation is 1. The zero-order valence-electron chi connectivity index (χ0n) is 14.5. The van der Waals surface area contributed by atoms with Crippen LogP contribution in [0.15, 0.2) is 50.7 Å². The lowest BCUT2D eigenvalue weighted by Crippen LogP contribution is -2.27. The lowest BCUT2D eigenvalue weighted by Gasteiger charge is -2.15. The maximum absolute atomic E-state index is 12.2. The fraction of sp³-hybridized carbons (Fsp3) is 0.278. The Hall–Kier alpha value is -2.32. The lowest BCUT2D eigenvalue weighted by molar-refractivity contribution is -0.127. The highest BCUT2D eigenvalue weighted by atomic mass is 32.2. The van der Waals surface area contributed by atoms with E-state index in [1.165, 1.54) is 11.8 Å². The Bertz CT molecular complexity index is 849. The Morgan fingerprint density at radius 2 is 2.23 bits per heavy atom. The predicted molar refractivity (Wildman–Crippen MR) is 101 cm³/mol. The fourth-order valence-electron chi connectivity index (χ4n) is 2.18. The Morgan fingerprint density at radius 3 is 3.00 bits per heavy atom. The molecule has 0 spiro atoms. The van der Waals surface area contributed by atoms with Gasteiger partial charge in [-0.2, -0.15) is 11.3 Å². The van der Waals surface area contributed by atoms with Gasteiger partial charge in [0.1, 0.15) is 5.75 Å². The van der Waals surface area contributed by atoms with E-state index in [0.29, 0.717) is 17.7 Å². The van der Waals surface area contributed by atoms with Crippen LogP contribution in [0.5, 0.6) is 5.75 Å². The quantitative estimate of drug-likeness (QED) is 0.546. The fourth-order valence-corrected chi connectivity index (χ4v) is 3.56. The summed E-state index contributed by atoms with van der Waals surface area (Å²) in [4.78, 5) is 13.9. The number of thiophene rings is 1. The normalized spacial score (nSPS) is 10.7. The van der Waals surface area contributed by atoms with Gasteiger partial charge in [-0.05, 0) is 47.0 Å². The monoisotopic (exact) mass is 389 g/mol. The number of thioether (sulfide) groups is 1. The number of hydrogen-bond acceptors (Lipinski definition) is 7. The molecule has 136 valence electrons. The Morgan fingerprint density at radius 1 is 1.35 bits per heavy atom. The van der Waals surface area contributed by atoms with E-state index in [-0.39, 0.29) is 18.3 Å². The summed E-state index contributed by atoms with van der Waals surface area (Å²) in [5.41, 5.74) is 2.25. The first-order valence-corrected chi connectivity index (χ1v) is 9.92. The van der Waals surface area contributed by atoms with Gasteiger partial charge in [0.15, 0.2) is 6.61 Å². The SMILES string of the molecule is Cc1cccc(OCc2nnc(SCC(=O)N(C)Cc3ccsc3)o2)c1. The van der Waals surface area contributed by atoms with Gasteiger partial charge in [-0.3, -0.25) is 4.79 Å². The van der Waals surface area contributed by atoms with Crippen molar-refractivity contribution >= 4 is 29.0 Å². The average Bonchev–Trinajstić information content (AvgIpc) is 3.29. The van der Waals surface area contributed by atoms with Gasteiger partial charge in [0.05, 0.1) is 5.75 Å². The minimum Gasteiger partial charge on any atom is -0.484 e. The molecule has 0 N–H and O–H groups in total. The molecule has 3 aromatic rings. The van der Waals surface area contributed by atoms with Crippen LogP contribution in [0.25, 0.3) is 0 Å². The van der Waals surface area contributed by atoms with E-state index < -0.39 is 0 Å². The van der Waals surface area contributed by atoms with Crippen molar-refractivity contribution in [2.24, 2.45) is 0 Å². The molecular weight excluding hydrogens is 370 g/mol. The van der Waals surface area contributed by atoms with Crippen molar-refractivity contribution in [3.05, 3.63) is 58.1 Å². The van der Waals surface area contributed by atoms with E-state index >= 15 is 0 Å². The standard InChI is InChI=1S/C18H19N3O3S2/c1-13-4-3-5-15(8-13)23-10-16-19-20-18(24-16)26-12-17(22)21(2)9-14-6-7-25-11-14/h3-8,11H,9-10,12H2,1-2H3. The van der Waals surface area contributed by atoms with E-state index in [1.807, 2.05) is 48.0 Å². The van der Waals surface area contributed by atoms with E-state index in [9.17, 15) is 4.79 Å². The molecule has 0 unspecified atom stereocenters. The first-order valence-electron chi connectivity index (χ1n) is 8.00. The van der Waals surface area contributed by atoms with Crippen LogP contribution < -0.4 is 4.74 Å². The van der Waals surface area contributed by atoms with Crippen molar-refractivity contribution in [1.29, 1.82) is 0 Å². The molecule has 2 heterocycles. The minimum absolute atomic E-state index is 0.0111. The van der Waals surface area contributed by atoms with Gasteiger partial charge < -0.3 is 14.1 Å². The highest BCUT2D eigenvalue weighted by Crippen LogP contribution is 2.19. The Kier molecular flexibility index (Phi) is 6.30. The molecule has 0 atom stereocenters. The number of aromatic nitrogens is 2. The van der Waals surface area contributed by atoms with Crippen molar-refractivity contribution < 1.29 is 13.9 Å². The molecule has 1 aromatic carbocycles. The van der Waals surface area contributed by atoms with Crippen LogP contribution in [-0.2, 0) is 17.9 Å². The number of nitrogens with zero attached hydrogens (tertiary/aromatic N) is 3.